The molecule has 4 heteroatoms. The number of fused-ring (bicyclic) bond motifs is 5. The largest absolute Gasteiger partial charge is 0.465 e. The molecule has 1 fully saturated rings. The van der Waals surface area contributed by atoms with Gasteiger partial charge in [-0.3, -0.25) is 4.98 Å². The first-order chi connectivity index (χ1) is 12.3. The third kappa shape index (κ3) is 3.29. The standard InChI is InChI=1S/C21H25NO3/c1-14-9-20(25-13-24-8-7-23-2)21(22-12-14)17-5-6-18-15-3-4-16(10-15)19(18)11-17/h5-6,9,11-12,15-16H,3-4,7-8,10,13H2,1-2H3. The zero-order valence-corrected chi connectivity index (χ0v) is 15.0. The number of benzene rings is 1. The Hall–Kier alpha value is -1.91. The van der Waals surface area contributed by atoms with E-state index >= 15 is 0 Å². The Balaban J connectivity index is 1.57. The number of rotatable bonds is 7. The Labute approximate surface area is 149 Å². The first kappa shape index (κ1) is 16.6. The normalized spacial score (nSPS) is 20.7. The Morgan fingerprint density at radius 2 is 1.92 bits per heavy atom. The highest BCUT2D eigenvalue weighted by molar-refractivity contribution is 5.69. The smallest absolute Gasteiger partial charge is 0.189 e. The van der Waals surface area contributed by atoms with Crippen molar-refractivity contribution in [2.24, 2.45) is 0 Å². The predicted octanol–water partition coefficient (Wildman–Crippen LogP) is 4.42. The van der Waals surface area contributed by atoms with E-state index in [9.17, 15) is 0 Å². The molecule has 0 radical (unpaired) electrons. The second-order valence-corrected chi connectivity index (χ2v) is 7.07. The molecule has 1 aromatic carbocycles. The summed E-state index contributed by atoms with van der Waals surface area (Å²) in [7, 11) is 1.66. The molecule has 2 bridgehead atoms. The van der Waals surface area contributed by atoms with E-state index in [1.165, 1.54) is 24.8 Å². The molecule has 2 aliphatic carbocycles. The molecule has 1 aromatic heterocycles. The van der Waals surface area contributed by atoms with E-state index in [2.05, 4.69) is 23.2 Å². The van der Waals surface area contributed by atoms with Crippen molar-refractivity contribution in [2.75, 3.05) is 27.1 Å². The molecule has 4 rings (SSSR count). The van der Waals surface area contributed by atoms with E-state index in [1.54, 1.807) is 12.7 Å². The fourth-order valence-corrected chi connectivity index (χ4v) is 4.17. The van der Waals surface area contributed by atoms with Gasteiger partial charge in [-0.25, -0.2) is 0 Å². The van der Waals surface area contributed by atoms with Gasteiger partial charge in [0.05, 0.1) is 13.2 Å². The van der Waals surface area contributed by atoms with Crippen LogP contribution in [-0.4, -0.2) is 32.1 Å². The van der Waals surface area contributed by atoms with Gasteiger partial charge >= 0.3 is 0 Å². The van der Waals surface area contributed by atoms with Crippen LogP contribution in [0.25, 0.3) is 11.3 Å². The first-order valence-electron chi connectivity index (χ1n) is 9.06. The van der Waals surface area contributed by atoms with Gasteiger partial charge in [-0.05, 0) is 66.8 Å². The Morgan fingerprint density at radius 3 is 2.76 bits per heavy atom. The van der Waals surface area contributed by atoms with Crippen molar-refractivity contribution in [3.8, 4) is 17.0 Å². The molecule has 0 aliphatic heterocycles. The lowest BCUT2D eigenvalue weighted by atomic mass is 9.90. The molecule has 2 atom stereocenters. The van der Waals surface area contributed by atoms with Crippen molar-refractivity contribution in [2.45, 2.75) is 38.0 Å². The lowest BCUT2D eigenvalue weighted by Gasteiger charge is -2.17. The third-order valence-electron chi connectivity index (χ3n) is 5.39. The van der Waals surface area contributed by atoms with Gasteiger partial charge < -0.3 is 14.2 Å². The second-order valence-electron chi connectivity index (χ2n) is 7.07. The molecule has 25 heavy (non-hydrogen) atoms. The van der Waals surface area contributed by atoms with Crippen molar-refractivity contribution < 1.29 is 14.2 Å². The Kier molecular flexibility index (Phi) is 4.73. The zero-order chi connectivity index (χ0) is 17.2. The molecule has 0 spiro atoms. The minimum Gasteiger partial charge on any atom is -0.465 e. The summed E-state index contributed by atoms with van der Waals surface area (Å²) in [6, 6.07) is 8.85. The van der Waals surface area contributed by atoms with Crippen molar-refractivity contribution in [3.05, 3.63) is 47.2 Å². The van der Waals surface area contributed by atoms with Gasteiger partial charge in [0.1, 0.15) is 11.4 Å². The van der Waals surface area contributed by atoms with E-state index in [4.69, 9.17) is 14.2 Å². The minimum atomic E-state index is 0.205. The number of aryl methyl sites for hydroxylation is 1. The van der Waals surface area contributed by atoms with Crippen molar-refractivity contribution in [1.82, 2.24) is 4.98 Å². The lowest BCUT2D eigenvalue weighted by Crippen LogP contribution is -2.08. The number of aromatic nitrogens is 1. The topological polar surface area (TPSA) is 40.6 Å². The van der Waals surface area contributed by atoms with Crippen LogP contribution in [0.3, 0.4) is 0 Å². The predicted molar refractivity (Wildman–Crippen MR) is 97.1 cm³/mol. The number of ether oxygens (including phenoxy) is 3. The van der Waals surface area contributed by atoms with Gasteiger partial charge in [-0.15, -0.1) is 0 Å². The van der Waals surface area contributed by atoms with Crippen LogP contribution < -0.4 is 4.74 Å². The van der Waals surface area contributed by atoms with Crippen molar-refractivity contribution >= 4 is 0 Å². The highest BCUT2D eigenvalue weighted by atomic mass is 16.7. The number of hydrogen-bond acceptors (Lipinski definition) is 4. The second kappa shape index (κ2) is 7.14. The third-order valence-corrected chi connectivity index (χ3v) is 5.39. The van der Waals surface area contributed by atoms with Gasteiger partial charge in [0.15, 0.2) is 6.79 Å². The summed E-state index contributed by atoms with van der Waals surface area (Å²) >= 11 is 0. The number of methoxy groups -OCH3 is 1. The molecule has 2 aromatic rings. The molecule has 132 valence electrons. The zero-order valence-electron chi connectivity index (χ0n) is 15.0. The van der Waals surface area contributed by atoms with Gasteiger partial charge in [0.25, 0.3) is 0 Å². The van der Waals surface area contributed by atoms with E-state index in [0.717, 1.165) is 34.4 Å². The fourth-order valence-electron chi connectivity index (χ4n) is 4.17. The average Bonchev–Trinajstić information content (AvgIpc) is 3.24. The van der Waals surface area contributed by atoms with Crippen LogP contribution in [0.15, 0.2) is 30.5 Å². The Bertz CT molecular complexity index is 759. The summed E-state index contributed by atoms with van der Waals surface area (Å²) < 4.78 is 16.3. The molecular weight excluding hydrogens is 314 g/mol. The van der Waals surface area contributed by atoms with Crippen LogP contribution in [-0.2, 0) is 9.47 Å². The fraction of sp³-hybridized carbons (Fsp3) is 0.476. The molecule has 0 amide bonds. The Morgan fingerprint density at radius 1 is 1.08 bits per heavy atom. The molecule has 1 saturated carbocycles. The monoisotopic (exact) mass is 339 g/mol. The van der Waals surface area contributed by atoms with Crippen LogP contribution in [0.2, 0.25) is 0 Å². The van der Waals surface area contributed by atoms with Crippen LogP contribution in [0.1, 0.15) is 47.8 Å². The molecule has 0 saturated heterocycles. The summed E-state index contributed by atoms with van der Waals surface area (Å²) in [5.74, 6) is 2.30. The van der Waals surface area contributed by atoms with Gasteiger partial charge in [0.2, 0.25) is 0 Å². The van der Waals surface area contributed by atoms with E-state index in [1.807, 2.05) is 19.2 Å². The summed E-state index contributed by atoms with van der Waals surface area (Å²) in [6.07, 6.45) is 5.91. The molecule has 1 heterocycles. The molecule has 2 aliphatic rings. The first-order valence-corrected chi connectivity index (χ1v) is 9.06. The van der Waals surface area contributed by atoms with Gasteiger partial charge in [-0.1, -0.05) is 12.1 Å². The molecule has 0 N–H and O–H groups in total. The summed E-state index contributed by atoms with van der Waals surface area (Å²) in [6.45, 7) is 3.32. The number of nitrogens with zero attached hydrogens (tertiary/aromatic N) is 1. The SMILES string of the molecule is COCCOCOc1cc(C)cnc1-c1ccc2c(c1)C1CCC2C1. The number of hydrogen-bond donors (Lipinski definition) is 0. The van der Waals surface area contributed by atoms with E-state index in [-0.39, 0.29) is 6.79 Å². The number of pyridine rings is 1. The molecule has 2 unspecified atom stereocenters. The maximum Gasteiger partial charge on any atom is 0.189 e. The maximum absolute atomic E-state index is 5.86. The van der Waals surface area contributed by atoms with Gasteiger partial charge in [-0.2, -0.15) is 0 Å². The minimum absolute atomic E-state index is 0.205. The van der Waals surface area contributed by atoms with Crippen LogP contribution in [0.4, 0.5) is 0 Å². The van der Waals surface area contributed by atoms with Crippen LogP contribution in [0, 0.1) is 6.92 Å². The van der Waals surface area contributed by atoms with E-state index < -0.39 is 0 Å². The summed E-state index contributed by atoms with van der Waals surface area (Å²) in [5, 5.41) is 0. The van der Waals surface area contributed by atoms with Crippen LogP contribution in [0.5, 0.6) is 5.75 Å². The highest BCUT2D eigenvalue weighted by Gasteiger charge is 2.36. The van der Waals surface area contributed by atoms with Crippen molar-refractivity contribution in [3.63, 3.8) is 0 Å². The van der Waals surface area contributed by atoms with E-state index in [0.29, 0.717) is 13.2 Å². The average molecular weight is 339 g/mol. The quantitative estimate of drug-likeness (QED) is 0.553. The van der Waals surface area contributed by atoms with Crippen molar-refractivity contribution in [1.29, 1.82) is 0 Å². The highest BCUT2D eigenvalue weighted by Crippen LogP contribution is 2.53. The van der Waals surface area contributed by atoms with Crippen LogP contribution >= 0.6 is 0 Å². The van der Waals surface area contributed by atoms with Gasteiger partial charge in [0, 0.05) is 18.9 Å². The maximum atomic E-state index is 5.86. The molecular formula is C21H25NO3. The lowest BCUT2D eigenvalue weighted by molar-refractivity contribution is -0.00836. The summed E-state index contributed by atoms with van der Waals surface area (Å²) in [5.41, 5.74) is 6.19. The summed E-state index contributed by atoms with van der Waals surface area (Å²) in [4.78, 5) is 4.65. The molecule has 4 nitrogen and oxygen atoms in total.